The van der Waals surface area contributed by atoms with E-state index in [-0.39, 0.29) is 0 Å². The van der Waals surface area contributed by atoms with E-state index in [0.29, 0.717) is 17.0 Å². The maximum atomic E-state index is 14.2. The average Bonchev–Trinajstić information content (AvgIpc) is 2.75. The lowest BCUT2D eigenvalue weighted by atomic mass is 9.77. The summed E-state index contributed by atoms with van der Waals surface area (Å²) in [7, 11) is -5.92. The van der Waals surface area contributed by atoms with Crippen LogP contribution in [0.1, 0.15) is 69.8 Å². The van der Waals surface area contributed by atoms with Crippen LogP contribution in [0.15, 0.2) is 42.5 Å². The highest BCUT2D eigenvalue weighted by Gasteiger charge is 2.48. The molecule has 0 spiro atoms. The first-order chi connectivity index (χ1) is 15.1. The largest absolute Gasteiger partial charge is 0.534 e. The first-order valence-electron chi connectivity index (χ1n) is 11.0. The standard InChI is InChI=1S/C24H28F4O3S/c1-2-3-4-5-17-6-8-18(9-7-17)19-10-12-20(13-11-19)21-14-15-23(22(25)16-21)31-32(29,30)24(26,27)28/h10-18H,2-9H2,1H3. The molecule has 0 unspecified atom stereocenters. The van der Waals surface area contributed by atoms with Crippen molar-refractivity contribution >= 4 is 10.1 Å². The van der Waals surface area contributed by atoms with Crippen LogP contribution in [0, 0.1) is 11.7 Å². The zero-order chi connectivity index (χ0) is 23.4. The quantitative estimate of drug-likeness (QED) is 0.172. The molecule has 176 valence electrons. The molecule has 0 N–H and O–H groups in total. The van der Waals surface area contributed by atoms with Gasteiger partial charge in [0.25, 0.3) is 0 Å². The van der Waals surface area contributed by atoms with Crippen molar-refractivity contribution in [2.24, 2.45) is 5.92 Å². The van der Waals surface area contributed by atoms with Crippen molar-refractivity contribution in [2.45, 2.75) is 69.7 Å². The van der Waals surface area contributed by atoms with Crippen LogP contribution in [0.2, 0.25) is 0 Å². The second-order valence-electron chi connectivity index (χ2n) is 8.46. The van der Waals surface area contributed by atoms with E-state index in [0.717, 1.165) is 30.9 Å². The number of hydrogen-bond donors (Lipinski definition) is 0. The van der Waals surface area contributed by atoms with Crippen LogP contribution in [-0.2, 0) is 10.1 Å². The SMILES string of the molecule is CCCCCC1CCC(c2ccc(-c3ccc(OS(=O)(=O)C(F)(F)F)c(F)c3)cc2)CC1. The van der Waals surface area contributed by atoms with E-state index in [4.69, 9.17) is 0 Å². The van der Waals surface area contributed by atoms with Gasteiger partial charge < -0.3 is 4.18 Å². The van der Waals surface area contributed by atoms with Crippen LogP contribution in [-0.4, -0.2) is 13.9 Å². The van der Waals surface area contributed by atoms with E-state index < -0.39 is 27.2 Å². The summed E-state index contributed by atoms with van der Waals surface area (Å²) in [5, 5.41) is 0. The van der Waals surface area contributed by atoms with Gasteiger partial charge in [-0.15, -0.1) is 0 Å². The van der Waals surface area contributed by atoms with E-state index in [1.807, 2.05) is 24.3 Å². The van der Waals surface area contributed by atoms with Gasteiger partial charge in [-0.3, -0.25) is 0 Å². The molecule has 0 amide bonds. The van der Waals surface area contributed by atoms with Crippen molar-refractivity contribution in [3.63, 3.8) is 0 Å². The van der Waals surface area contributed by atoms with E-state index in [2.05, 4.69) is 11.1 Å². The van der Waals surface area contributed by atoms with E-state index in [9.17, 15) is 26.0 Å². The highest BCUT2D eigenvalue weighted by atomic mass is 32.2. The number of hydrogen-bond acceptors (Lipinski definition) is 3. The Balaban J connectivity index is 1.63. The fourth-order valence-electron chi connectivity index (χ4n) is 4.33. The Hall–Kier alpha value is -2.09. The third kappa shape index (κ3) is 6.03. The highest BCUT2D eigenvalue weighted by molar-refractivity contribution is 7.88. The molecule has 32 heavy (non-hydrogen) atoms. The third-order valence-electron chi connectivity index (χ3n) is 6.19. The maximum Gasteiger partial charge on any atom is 0.534 e. The molecule has 0 saturated heterocycles. The van der Waals surface area contributed by atoms with Gasteiger partial charge in [-0.1, -0.05) is 62.9 Å². The van der Waals surface area contributed by atoms with Crippen LogP contribution in [0.4, 0.5) is 17.6 Å². The van der Waals surface area contributed by atoms with Crippen LogP contribution >= 0.6 is 0 Å². The summed E-state index contributed by atoms with van der Waals surface area (Å²) in [5.74, 6) is -0.840. The first-order valence-corrected chi connectivity index (χ1v) is 12.4. The van der Waals surface area contributed by atoms with Crippen molar-refractivity contribution in [1.29, 1.82) is 0 Å². The fraction of sp³-hybridized carbons (Fsp3) is 0.500. The number of rotatable bonds is 8. The topological polar surface area (TPSA) is 43.4 Å². The number of benzene rings is 2. The van der Waals surface area contributed by atoms with Gasteiger partial charge >= 0.3 is 15.6 Å². The first kappa shape index (κ1) is 24.6. The Morgan fingerprint density at radius 2 is 1.56 bits per heavy atom. The summed E-state index contributed by atoms with van der Waals surface area (Å²) in [6.07, 6.45) is 9.96. The van der Waals surface area contributed by atoms with Gasteiger partial charge in [-0.25, -0.2) is 4.39 Å². The minimum Gasteiger partial charge on any atom is -0.373 e. The number of halogens is 4. The third-order valence-corrected chi connectivity index (χ3v) is 7.16. The van der Waals surface area contributed by atoms with Gasteiger partial charge in [0.15, 0.2) is 11.6 Å². The molecule has 0 radical (unpaired) electrons. The summed E-state index contributed by atoms with van der Waals surface area (Å²) >= 11 is 0. The molecule has 1 aliphatic rings. The summed E-state index contributed by atoms with van der Waals surface area (Å²) < 4.78 is 77.6. The maximum absolute atomic E-state index is 14.2. The Labute approximate surface area is 186 Å². The Bertz CT molecular complexity index is 993. The number of unbranched alkanes of at least 4 members (excludes halogenated alkanes) is 2. The lowest BCUT2D eigenvalue weighted by Crippen LogP contribution is -2.28. The average molecular weight is 473 g/mol. The zero-order valence-electron chi connectivity index (χ0n) is 18.0. The minimum atomic E-state index is -5.92. The predicted molar refractivity (Wildman–Crippen MR) is 116 cm³/mol. The zero-order valence-corrected chi connectivity index (χ0v) is 18.8. The Kier molecular flexibility index (Phi) is 7.85. The summed E-state index contributed by atoms with van der Waals surface area (Å²) in [6, 6.07) is 10.9. The molecule has 3 rings (SSSR count). The van der Waals surface area contributed by atoms with Gasteiger partial charge in [0.05, 0.1) is 0 Å². The normalized spacial score (nSPS) is 19.7. The second kappa shape index (κ2) is 10.2. The molecular weight excluding hydrogens is 444 g/mol. The monoisotopic (exact) mass is 472 g/mol. The van der Waals surface area contributed by atoms with Crippen LogP contribution in [0.25, 0.3) is 11.1 Å². The smallest absolute Gasteiger partial charge is 0.373 e. The summed E-state index contributed by atoms with van der Waals surface area (Å²) in [6.45, 7) is 2.22. The van der Waals surface area contributed by atoms with Crippen molar-refractivity contribution in [3.8, 4) is 16.9 Å². The van der Waals surface area contributed by atoms with Crippen LogP contribution in [0.3, 0.4) is 0 Å². The van der Waals surface area contributed by atoms with E-state index in [1.165, 1.54) is 50.2 Å². The van der Waals surface area contributed by atoms with Gasteiger partial charge in [0.2, 0.25) is 0 Å². The molecule has 2 aromatic carbocycles. The van der Waals surface area contributed by atoms with Crippen LogP contribution in [0.5, 0.6) is 5.75 Å². The highest BCUT2D eigenvalue weighted by Crippen LogP contribution is 2.38. The molecule has 0 atom stereocenters. The molecule has 0 aromatic heterocycles. The molecule has 0 bridgehead atoms. The summed E-state index contributed by atoms with van der Waals surface area (Å²) in [4.78, 5) is 0. The van der Waals surface area contributed by atoms with E-state index >= 15 is 0 Å². The molecule has 0 heterocycles. The van der Waals surface area contributed by atoms with E-state index in [1.54, 1.807) is 0 Å². The molecule has 0 aliphatic heterocycles. The minimum absolute atomic E-state index is 0.422. The predicted octanol–water partition coefficient (Wildman–Crippen LogP) is 7.58. The van der Waals surface area contributed by atoms with Crippen molar-refractivity contribution in [1.82, 2.24) is 0 Å². The molecular formula is C24H28F4O3S. The number of alkyl halides is 3. The Morgan fingerprint density at radius 3 is 2.12 bits per heavy atom. The van der Waals surface area contributed by atoms with Gasteiger partial charge in [0, 0.05) is 0 Å². The van der Waals surface area contributed by atoms with Crippen molar-refractivity contribution in [3.05, 3.63) is 53.8 Å². The molecule has 3 nitrogen and oxygen atoms in total. The lowest BCUT2D eigenvalue weighted by molar-refractivity contribution is -0.0500. The molecule has 1 fully saturated rings. The van der Waals surface area contributed by atoms with Gasteiger partial charge in [-0.05, 0) is 66.3 Å². The van der Waals surface area contributed by atoms with Gasteiger partial charge in [0.1, 0.15) is 0 Å². The Morgan fingerprint density at radius 1 is 0.938 bits per heavy atom. The molecule has 2 aromatic rings. The van der Waals surface area contributed by atoms with Crippen molar-refractivity contribution < 1.29 is 30.2 Å². The van der Waals surface area contributed by atoms with Gasteiger partial charge in [-0.2, -0.15) is 21.6 Å². The molecule has 1 aliphatic carbocycles. The fourth-order valence-corrected chi connectivity index (χ4v) is 4.79. The second-order valence-corrected chi connectivity index (χ2v) is 10.0. The molecule has 8 heteroatoms. The lowest BCUT2D eigenvalue weighted by Gasteiger charge is -2.29. The molecule has 1 saturated carbocycles. The van der Waals surface area contributed by atoms with Crippen LogP contribution < -0.4 is 4.18 Å². The summed E-state index contributed by atoms with van der Waals surface area (Å²) in [5.41, 5.74) is -3.28. The van der Waals surface area contributed by atoms with Crippen molar-refractivity contribution in [2.75, 3.05) is 0 Å².